The summed E-state index contributed by atoms with van der Waals surface area (Å²) in [4.78, 5) is 4.22. The molecule has 1 aliphatic rings. The number of hydrogen-bond acceptors (Lipinski definition) is 1. The molecule has 2 heteroatoms. The molecule has 1 aromatic carbocycles. The van der Waals surface area contributed by atoms with Crippen LogP contribution in [-0.2, 0) is 0 Å². The lowest BCUT2D eigenvalue weighted by atomic mass is 10.2. The maximum Gasteiger partial charge on any atom is 0.0949 e. The van der Waals surface area contributed by atoms with Gasteiger partial charge in [0.1, 0.15) is 0 Å². The molecule has 1 fully saturated rings. The molecule has 1 aliphatic heterocycles. The van der Waals surface area contributed by atoms with Crippen molar-refractivity contribution in [2.24, 2.45) is 0 Å². The molecule has 1 aromatic rings. The van der Waals surface area contributed by atoms with Crippen LogP contribution in [0, 0.1) is 0 Å². The molecule has 76 valence electrons. The first-order chi connectivity index (χ1) is 6.90. The van der Waals surface area contributed by atoms with Crippen molar-refractivity contribution in [3.05, 3.63) is 30.3 Å². The Bertz CT molecular complexity index is 263. The summed E-state index contributed by atoms with van der Waals surface area (Å²) in [7, 11) is 0. The average Bonchev–Trinajstić information content (AvgIpc) is 2.30. The summed E-state index contributed by atoms with van der Waals surface area (Å²) in [5, 5.41) is 0. The van der Waals surface area contributed by atoms with Crippen molar-refractivity contribution in [2.75, 3.05) is 37.6 Å². The lowest BCUT2D eigenvalue weighted by Gasteiger charge is -2.33. The zero-order chi connectivity index (χ0) is 9.80. The van der Waals surface area contributed by atoms with Gasteiger partial charge in [0.05, 0.1) is 32.7 Å². The number of nitrogens with one attached hydrogen (secondary N) is 1. The molecule has 0 bridgehead atoms. The molecule has 0 aromatic heterocycles. The number of piperazine rings is 1. The second-order valence-corrected chi connectivity index (χ2v) is 3.93. The number of rotatable bonds is 2. The highest BCUT2D eigenvalue weighted by molar-refractivity contribution is 5.45. The fraction of sp³-hybridized carbons (Fsp3) is 0.500. The van der Waals surface area contributed by atoms with Crippen LogP contribution in [-0.4, -0.2) is 32.7 Å². The van der Waals surface area contributed by atoms with Crippen molar-refractivity contribution in [2.45, 2.75) is 6.92 Å². The van der Waals surface area contributed by atoms with Crippen molar-refractivity contribution in [1.82, 2.24) is 0 Å². The predicted molar refractivity (Wildman–Crippen MR) is 59.9 cm³/mol. The Balaban J connectivity index is 1.96. The van der Waals surface area contributed by atoms with Crippen LogP contribution in [0.25, 0.3) is 0 Å². The Labute approximate surface area is 86.1 Å². The third kappa shape index (κ3) is 2.07. The van der Waals surface area contributed by atoms with E-state index in [1.807, 2.05) is 0 Å². The van der Waals surface area contributed by atoms with Crippen LogP contribution in [0.3, 0.4) is 0 Å². The first-order valence-corrected chi connectivity index (χ1v) is 5.53. The van der Waals surface area contributed by atoms with Crippen LogP contribution in [0.1, 0.15) is 6.92 Å². The summed E-state index contributed by atoms with van der Waals surface area (Å²) >= 11 is 0. The van der Waals surface area contributed by atoms with E-state index in [1.54, 1.807) is 4.90 Å². The molecule has 0 radical (unpaired) electrons. The smallest absolute Gasteiger partial charge is 0.0949 e. The summed E-state index contributed by atoms with van der Waals surface area (Å²) in [6, 6.07) is 10.7. The number of hydrogen-bond donors (Lipinski definition) is 1. The molecule has 2 rings (SSSR count). The van der Waals surface area contributed by atoms with E-state index in [0.29, 0.717) is 0 Å². The van der Waals surface area contributed by atoms with E-state index in [0.717, 1.165) is 0 Å². The normalized spacial score (nSPS) is 18.5. The third-order valence-corrected chi connectivity index (χ3v) is 3.09. The van der Waals surface area contributed by atoms with E-state index < -0.39 is 0 Å². The van der Waals surface area contributed by atoms with Gasteiger partial charge in [-0.15, -0.1) is 0 Å². The topological polar surface area (TPSA) is 7.68 Å². The summed E-state index contributed by atoms with van der Waals surface area (Å²) in [5.41, 5.74) is 1.38. The molecule has 0 amide bonds. The van der Waals surface area contributed by atoms with E-state index in [2.05, 4.69) is 42.2 Å². The van der Waals surface area contributed by atoms with Gasteiger partial charge in [-0.3, -0.25) is 0 Å². The van der Waals surface area contributed by atoms with E-state index in [1.165, 1.54) is 38.4 Å². The number of para-hydroxylation sites is 1. The van der Waals surface area contributed by atoms with Gasteiger partial charge < -0.3 is 9.80 Å². The number of benzene rings is 1. The number of likely N-dealkylation sites (N-methyl/N-ethyl adjacent to an activating group) is 1. The van der Waals surface area contributed by atoms with Crippen molar-refractivity contribution in [3.63, 3.8) is 0 Å². The van der Waals surface area contributed by atoms with E-state index in [-0.39, 0.29) is 0 Å². The van der Waals surface area contributed by atoms with Gasteiger partial charge in [-0.2, -0.15) is 0 Å². The van der Waals surface area contributed by atoms with E-state index in [9.17, 15) is 0 Å². The Morgan fingerprint density at radius 3 is 2.36 bits per heavy atom. The molecule has 0 atom stereocenters. The minimum Gasteiger partial charge on any atom is -0.360 e. The summed E-state index contributed by atoms with van der Waals surface area (Å²) in [5.74, 6) is 0. The molecule has 0 spiro atoms. The zero-order valence-electron chi connectivity index (χ0n) is 8.87. The second-order valence-electron chi connectivity index (χ2n) is 3.93. The maximum absolute atomic E-state index is 2.49. The highest BCUT2D eigenvalue weighted by Crippen LogP contribution is 2.12. The largest absolute Gasteiger partial charge is 0.360 e. The van der Waals surface area contributed by atoms with Crippen molar-refractivity contribution >= 4 is 5.69 Å². The molecule has 2 nitrogen and oxygen atoms in total. The molecule has 14 heavy (non-hydrogen) atoms. The van der Waals surface area contributed by atoms with Crippen LogP contribution in [0.4, 0.5) is 5.69 Å². The van der Waals surface area contributed by atoms with E-state index >= 15 is 0 Å². The first-order valence-electron chi connectivity index (χ1n) is 5.53. The average molecular weight is 191 g/mol. The maximum atomic E-state index is 2.49. The molecule has 1 heterocycles. The predicted octanol–water partition coefficient (Wildman–Crippen LogP) is 0.411. The SMILES string of the molecule is CC[NH+]1CCN(c2ccccc2)CC1. The first kappa shape index (κ1) is 9.53. The molecule has 1 saturated heterocycles. The fourth-order valence-electron chi connectivity index (χ4n) is 2.07. The van der Waals surface area contributed by atoms with Crippen molar-refractivity contribution in [3.8, 4) is 0 Å². The van der Waals surface area contributed by atoms with Gasteiger partial charge in [0.15, 0.2) is 0 Å². The van der Waals surface area contributed by atoms with E-state index in [4.69, 9.17) is 0 Å². The molecular weight excluding hydrogens is 172 g/mol. The van der Waals surface area contributed by atoms with Gasteiger partial charge in [0.25, 0.3) is 0 Å². The minimum absolute atomic E-state index is 1.20. The van der Waals surface area contributed by atoms with Crippen LogP contribution >= 0.6 is 0 Å². The third-order valence-electron chi connectivity index (χ3n) is 3.09. The van der Waals surface area contributed by atoms with Crippen LogP contribution in [0.5, 0.6) is 0 Å². The molecule has 0 unspecified atom stereocenters. The Morgan fingerprint density at radius 2 is 1.79 bits per heavy atom. The highest BCUT2D eigenvalue weighted by atomic mass is 15.3. The Hall–Kier alpha value is -1.02. The number of nitrogens with zero attached hydrogens (tertiary/aromatic N) is 1. The Morgan fingerprint density at radius 1 is 1.14 bits per heavy atom. The fourth-order valence-corrected chi connectivity index (χ4v) is 2.07. The Kier molecular flexibility index (Phi) is 3.04. The monoisotopic (exact) mass is 191 g/mol. The van der Waals surface area contributed by atoms with Gasteiger partial charge in [-0.25, -0.2) is 0 Å². The molecule has 0 saturated carbocycles. The highest BCUT2D eigenvalue weighted by Gasteiger charge is 2.17. The number of quaternary nitrogens is 1. The van der Waals surface area contributed by atoms with Gasteiger partial charge in [0, 0.05) is 5.69 Å². The standard InChI is InChI=1S/C12H18N2/c1-2-13-8-10-14(11-9-13)12-6-4-3-5-7-12/h3-7H,2,8-11H2,1H3/p+1. The second kappa shape index (κ2) is 4.47. The molecule has 1 N–H and O–H groups in total. The van der Waals surface area contributed by atoms with Crippen molar-refractivity contribution in [1.29, 1.82) is 0 Å². The van der Waals surface area contributed by atoms with Gasteiger partial charge >= 0.3 is 0 Å². The van der Waals surface area contributed by atoms with Crippen LogP contribution in [0.2, 0.25) is 0 Å². The lowest BCUT2D eigenvalue weighted by molar-refractivity contribution is -0.898. The molecular formula is C12H19N2+. The lowest BCUT2D eigenvalue weighted by Crippen LogP contribution is -3.14. The quantitative estimate of drug-likeness (QED) is 0.711. The van der Waals surface area contributed by atoms with Gasteiger partial charge in [-0.1, -0.05) is 18.2 Å². The summed E-state index contributed by atoms with van der Waals surface area (Å²) in [6.07, 6.45) is 0. The van der Waals surface area contributed by atoms with Crippen molar-refractivity contribution < 1.29 is 4.90 Å². The summed E-state index contributed by atoms with van der Waals surface area (Å²) < 4.78 is 0. The van der Waals surface area contributed by atoms with Crippen LogP contribution in [0.15, 0.2) is 30.3 Å². The van der Waals surface area contributed by atoms with Gasteiger partial charge in [0.2, 0.25) is 0 Å². The molecule has 0 aliphatic carbocycles. The zero-order valence-corrected chi connectivity index (χ0v) is 8.87. The van der Waals surface area contributed by atoms with Crippen LogP contribution < -0.4 is 9.80 Å². The minimum atomic E-state index is 1.20. The van der Waals surface area contributed by atoms with Gasteiger partial charge in [-0.05, 0) is 19.1 Å². The number of anilines is 1. The summed E-state index contributed by atoms with van der Waals surface area (Å²) in [6.45, 7) is 8.51.